The number of allylic oxidation sites excluding steroid dienone is 1. The van der Waals surface area contributed by atoms with E-state index in [4.69, 9.17) is 4.89 Å². The Hall–Kier alpha value is -1.45. The van der Waals surface area contributed by atoms with Crippen LogP contribution in [0.4, 0.5) is 0 Å². The second-order valence-corrected chi connectivity index (χ2v) is 5.50. The zero-order valence-electron chi connectivity index (χ0n) is 9.87. The molecule has 18 heavy (non-hydrogen) atoms. The number of hydrogen-bond donors (Lipinski definition) is 1. The van der Waals surface area contributed by atoms with Gasteiger partial charge in [0.05, 0.1) is 5.92 Å². The van der Waals surface area contributed by atoms with Crippen LogP contribution in [0.25, 0.3) is 0 Å². The monoisotopic (exact) mass is 242 g/mol. The van der Waals surface area contributed by atoms with Gasteiger partial charge < -0.3 is 0 Å². The Balaban J connectivity index is 2.02. The van der Waals surface area contributed by atoms with E-state index < -0.39 is 5.60 Å². The van der Waals surface area contributed by atoms with Gasteiger partial charge in [-0.25, -0.2) is 4.89 Å². The summed E-state index contributed by atoms with van der Waals surface area (Å²) in [4.78, 5) is 17.5. The van der Waals surface area contributed by atoms with E-state index in [-0.39, 0.29) is 23.5 Å². The SMILES string of the molecule is O=C1c2ccccc2[C@@]2(OO)[C@H]3C=C[C@@H](CC3)[C@H]12. The largest absolute Gasteiger partial charge is 0.294 e. The molecule has 1 saturated carbocycles. The summed E-state index contributed by atoms with van der Waals surface area (Å²) < 4.78 is 0. The minimum Gasteiger partial charge on any atom is -0.294 e. The normalized spacial score (nSPS) is 39.8. The molecule has 0 unspecified atom stereocenters. The minimum absolute atomic E-state index is 0.102. The Morgan fingerprint density at radius 3 is 2.78 bits per heavy atom. The Morgan fingerprint density at radius 2 is 2.06 bits per heavy atom. The van der Waals surface area contributed by atoms with Crippen LogP contribution in [0.3, 0.4) is 0 Å². The van der Waals surface area contributed by atoms with Crippen LogP contribution >= 0.6 is 0 Å². The van der Waals surface area contributed by atoms with Gasteiger partial charge in [-0.3, -0.25) is 10.1 Å². The van der Waals surface area contributed by atoms with E-state index in [1.165, 1.54) is 0 Å². The van der Waals surface area contributed by atoms with Gasteiger partial charge in [-0.1, -0.05) is 36.4 Å². The van der Waals surface area contributed by atoms with Crippen molar-refractivity contribution in [1.82, 2.24) is 0 Å². The van der Waals surface area contributed by atoms with Gasteiger partial charge in [0, 0.05) is 11.5 Å². The Labute approximate surface area is 105 Å². The zero-order valence-corrected chi connectivity index (χ0v) is 9.87. The number of fused-ring (bicyclic) bond motifs is 2. The van der Waals surface area contributed by atoms with Crippen molar-refractivity contribution in [3.8, 4) is 0 Å². The van der Waals surface area contributed by atoms with Gasteiger partial charge in [0.2, 0.25) is 0 Å². The van der Waals surface area contributed by atoms with Crippen molar-refractivity contribution in [3.05, 3.63) is 47.5 Å². The molecular weight excluding hydrogens is 228 g/mol. The van der Waals surface area contributed by atoms with Crippen molar-refractivity contribution < 1.29 is 14.9 Å². The number of benzene rings is 1. The maximum absolute atomic E-state index is 12.6. The predicted octanol–water partition coefficient (Wildman–Crippen LogP) is 2.78. The third-order valence-corrected chi connectivity index (χ3v) is 4.89. The number of rotatable bonds is 1. The van der Waals surface area contributed by atoms with Gasteiger partial charge in [0.25, 0.3) is 0 Å². The molecule has 4 aliphatic rings. The van der Waals surface area contributed by atoms with Crippen LogP contribution < -0.4 is 0 Å². The molecule has 4 aliphatic carbocycles. The predicted molar refractivity (Wildman–Crippen MR) is 65.0 cm³/mol. The molecule has 0 amide bonds. The molecule has 0 radical (unpaired) electrons. The molecule has 3 heteroatoms. The van der Waals surface area contributed by atoms with Crippen molar-refractivity contribution in [2.75, 3.05) is 0 Å². The van der Waals surface area contributed by atoms with E-state index in [9.17, 15) is 10.1 Å². The molecule has 3 nitrogen and oxygen atoms in total. The van der Waals surface area contributed by atoms with Gasteiger partial charge in [-0.15, -0.1) is 0 Å². The highest BCUT2D eigenvalue weighted by molar-refractivity contribution is 6.04. The van der Waals surface area contributed by atoms with Crippen LogP contribution in [-0.2, 0) is 10.5 Å². The van der Waals surface area contributed by atoms with Gasteiger partial charge in [-0.05, 0) is 24.3 Å². The lowest BCUT2D eigenvalue weighted by Gasteiger charge is -2.48. The molecule has 5 rings (SSSR count). The first kappa shape index (κ1) is 10.5. The van der Waals surface area contributed by atoms with Crippen LogP contribution in [-0.4, -0.2) is 11.0 Å². The van der Waals surface area contributed by atoms with E-state index in [1.54, 1.807) is 0 Å². The fourth-order valence-electron chi connectivity index (χ4n) is 4.16. The summed E-state index contributed by atoms with van der Waals surface area (Å²) in [6.07, 6.45) is 6.21. The molecule has 1 N–H and O–H groups in total. The summed E-state index contributed by atoms with van der Waals surface area (Å²) in [5, 5.41) is 9.55. The van der Waals surface area contributed by atoms with E-state index in [0.717, 1.165) is 24.0 Å². The number of carbonyl (C=O) groups is 1. The van der Waals surface area contributed by atoms with Gasteiger partial charge in [0.15, 0.2) is 5.78 Å². The minimum atomic E-state index is -0.828. The number of ketones is 1. The van der Waals surface area contributed by atoms with E-state index in [0.29, 0.717) is 0 Å². The van der Waals surface area contributed by atoms with Crippen molar-refractivity contribution in [1.29, 1.82) is 0 Å². The fraction of sp³-hybridized carbons (Fsp3) is 0.400. The molecule has 1 aromatic carbocycles. The maximum atomic E-state index is 12.6. The fourth-order valence-corrected chi connectivity index (χ4v) is 4.16. The van der Waals surface area contributed by atoms with Gasteiger partial charge in [0.1, 0.15) is 5.60 Å². The molecule has 92 valence electrons. The van der Waals surface area contributed by atoms with E-state index in [1.807, 2.05) is 24.3 Å². The average Bonchev–Trinajstić information content (AvgIpc) is 2.73. The van der Waals surface area contributed by atoms with Crippen LogP contribution in [0.2, 0.25) is 0 Å². The van der Waals surface area contributed by atoms with Crippen LogP contribution in [0.15, 0.2) is 36.4 Å². The Bertz CT molecular complexity index is 563. The van der Waals surface area contributed by atoms with Crippen molar-refractivity contribution in [3.63, 3.8) is 0 Å². The molecule has 0 spiro atoms. The summed E-state index contributed by atoms with van der Waals surface area (Å²) in [5.41, 5.74) is 0.754. The topological polar surface area (TPSA) is 46.5 Å². The average molecular weight is 242 g/mol. The first-order chi connectivity index (χ1) is 8.79. The lowest BCUT2D eigenvalue weighted by Crippen LogP contribution is -2.51. The molecule has 1 aromatic rings. The Morgan fingerprint density at radius 1 is 1.22 bits per heavy atom. The summed E-state index contributed by atoms with van der Waals surface area (Å²) >= 11 is 0. The molecule has 0 aliphatic heterocycles. The molecular formula is C15H14O3. The van der Waals surface area contributed by atoms with E-state index >= 15 is 0 Å². The molecule has 0 saturated heterocycles. The summed E-state index contributed by atoms with van der Waals surface area (Å²) in [7, 11) is 0. The van der Waals surface area contributed by atoms with E-state index in [2.05, 4.69) is 12.2 Å². The first-order valence-electron chi connectivity index (χ1n) is 6.43. The zero-order chi connectivity index (χ0) is 12.3. The van der Waals surface area contributed by atoms with Crippen LogP contribution in [0, 0.1) is 17.8 Å². The van der Waals surface area contributed by atoms with Crippen LogP contribution in [0.5, 0.6) is 0 Å². The maximum Gasteiger partial charge on any atom is 0.170 e. The third-order valence-electron chi connectivity index (χ3n) is 4.89. The van der Waals surface area contributed by atoms with Crippen molar-refractivity contribution in [2.24, 2.45) is 17.8 Å². The smallest absolute Gasteiger partial charge is 0.170 e. The highest BCUT2D eigenvalue weighted by atomic mass is 17.1. The molecule has 4 atom stereocenters. The van der Waals surface area contributed by atoms with Gasteiger partial charge in [-0.2, -0.15) is 0 Å². The third kappa shape index (κ3) is 0.967. The molecule has 0 heterocycles. The standard InChI is InChI=1S/C15H14O3/c16-14-11-3-1-2-4-12(11)15(18-17)10-7-5-9(6-8-10)13(14)15/h1-5,7,9-10,13,17H,6,8H2/t9-,10-,13+,15-/m0/s1. The number of carbonyl (C=O) groups excluding carboxylic acids is 1. The first-order valence-corrected chi connectivity index (χ1v) is 6.43. The van der Waals surface area contributed by atoms with Gasteiger partial charge >= 0.3 is 0 Å². The molecule has 0 aromatic heterocycles. The summed E-state index contributed by atoms with van der Waals surface area (Å²) in [6, 6.07) is 7.53. The molecule has 1 fully saturated rings. The number of Topliss-reactive ketones (excluding diaryl/α,β-unsaturated/α-hetero) is 1. The Kier molecular flexibility index (Phi) is 1.92. The lowest BCUT2D eigenvalue weighted by atomic mass is 9.59. The van der Waals surface area contributed by atoms with Crippen molar-refractivity contribution >= 4 is 5.78 Å². The lowest BCUT2D eigenvalue weighted by molar-refractivity contribution is -0.359. The number of hydrogen-bond acceptors (Lipinski definition) is 3. The molecule has 2 bridgehead atoms. The van der Waals surface area contributed by atoms with Crippen molar-refractivity contribution in [2.45, 2.75) is 18.4 Å². The highest BCUT2D eigenvalue weighted by Gasteiger charge is 2.63. The highest BCUT2D eigenvalue weighted by Crippen LogP contribution is 2.59. The summed E-state index contributed by atoms with van der Waals surface area (Å²) in [6.45, 7) is 0. The summed E-state index contributed by atoms with van der Waals surface area (Å²) in [5.74, 6) is 0.175. The second kappa shape index (κ2) is 3.31. The van der Waals surface area contributed by atoms with Crippen LogP contribution in [0.1, 0.15) is 28.8 Å². The quantitative estimate of drug-likeness (QED) is 0.468. The second-order valence-electron chi connectivity index (χ2n) is 5.50.